The van der Waals surface area contributed by atoms with Gasteiger partial charge in [0.05, 0.1) is 0 Å². The Labute approximate surface area is 140 Å². The van der Waals surface area contributed by atoms with Gasteiger partial charge in [-0.1, -0.05) is 30.7 Å². The molecule has 1 aromatic heterocycles. The van der Waals surface area contributed by atoms with Crippen LogP contribution >= 0.6 is 11.6 Å². The van der Waals surface area contributed by atoms with Crippen LogP contribution in [0.5, 0.6) is 0 Å². The summed E-state index contributed by atoms with van der Waals surface area (Å²) in [5, 5.41) is 9.79. The second-order valence-corrected chi connectivity index (χ2v) is 6.31. The van der Waals surface area contributed by atoms with Crippen molar-refractivity contribution in [2.24, 2.45) is 0 Å². The molecule has 0 aliphatic heterocycles. The first-order valence-corrected chi connectivity index (χ1v) is 8.03. The molecule has 0 unspecified atom stereocenters. The van der Waals surface area contributed by atoms with Gasteiger partial charge < -0.3 is 9.52 Å². The molecular weight excluding hydrogens is 310 g/mol. The first-order valence-electron chi connectivity index (χ1n) is 7.65. The van der Waals surface area contributed by atoms with Gasteiger partial charge in [-0.15, -0.1) is 0 Å². The maximum absolute atomic E-state index is 9.08. The molecule has 23 heavy (non-hydrogen) atoms. The lowest BCUT2D eigenvalue weighted by Crippen LogP contribution is -1.99. The Morgan fingerprint density at radius 2 is 2.04 bits per heavy atom. The maximum atomic E-state index is 9.08. The number of nitrogens with zero attached hydrogens (tertiary/aromatic N) is 1. The van der Waals surface area contributed by atoms with E-state index in [9.17, 15) is 0 Å². The first kappa shape index (κ1) is 16.0. The Morgan fingerprint density at radius 1 is 1.22 bits per heavy atom. The molecule has 0 atom stereocenters. The second-order valence-electron chi connectivity index (χ2n) is 5.90. The van der Waals surface area contributed by atoms with Gasteiger partial charge >= 0.3 is 0 Å². The van der Waals surface area contributed by atoms with E-state index in [0.717, 1.165) is 41.0 Å². The predicted octanol–water partition coefficient (Wildman–Crippen LogP) is 4.98. The molecule has 0 aliphatic carbocycles. The second kappa shape index (κ2) is 6.73. The van der Waals surface area contributed by atoms with E-state index in [-0.39, 0.29) is 6.61 Å². The van der Waals surface area contributed by atoms with E-state index in [0.29, 0.717) is 10.9 Å². The molecule has 4 heteroatoms. The van der Waals surface area contributed by atoms with Crippen molar-refractivity contribution in [2.45, 2.75) is 26.7 Å². The molecule has 0 saturated carbocycles. The molecule has 0 saturated heterocycles. The summed E-state index contributed by atoms with van der Waals surface area (Å²) in [6, 6.07) is 11.8. The van der Waals surface area contributed by atoms with Crippen molar-refractivity contribution in [3.8, 4) is 11.5 Å². The molecule has 0 spiro atoms. The summed E-state index contributed by atoms with van der Waals surface area (Å²) in [6.07, 6.45) is 1.77. The van der Waals surface area contributed by atoms with E-state index >= 15 is 0 Å². The molecule has 0 fully saturated rings. The van der Waals surface area contributed by atoms with Crippen LogP contribution in [0.25, 0.3) is 22.6 Å². The van der Waals surface area contributed by atoms with Crippen molar-refractivity contribution in [3.05, 3.63) is 58.5 Å². The number of oxazole rings is 1. The first-order chi connectivity index (χ1) is 11.1. The van der Waals surface area contributed by atoms with E-state index in [1.165, 1.54) is 5.56 Å². The largest absolute Gasteiger partial charge is 0.436 e. The Balaban J connectivity index is 1.88. The minimum atomic E-state index is 0.143. The number of aryl methyl sites for hydroxylation is 2. The van der Waals surface area contributed by atoms with E-state index in [2.05, 4.69) is 4.98 Å². The van der Waals surface area contributed by atoms with Crippen LogP contribution < -0.4 is 0 Å². The van der Waals surface area contributed by atoms with Crippen LogP contribution in [0.2, 0.25) is 5.02 Å². The monoisotopic (exact) mass is 328 g/mol. The Morgan fingerprint density at radius 3 is 2.78 bits per heavy atom. The molecule has 3 nitrogen and oxygen atoms in total. The van der Waals surface area contributed by atoms with Gasteiger partial charge in [-0.3, -0.25) is 0 Å². The number of aliphatic hydroxyl groups excluding tert-OH is 1. The zero-order valence-corrected chi connectivity index (χ0v) is 14.0. The fraction of sp³-hybridized carbons (Fsp3) is 0.263. The fourth-order valence-electron chi connectivity index (χ4n) is 2.41. The van der Waals surface area contributed by atoms with Gasteiger partial charge in [0.25, 0.3) is 0 Å². The number of aromatic nitrogens is 1. The van der Waals surface area contributed by atoms with Crippen molar-refractivity contribution in [1.29, 1.82) is 0 Å². The number of rotatable bonds is 5. The minimum Gasteiger partial charge on any atom is -0.436 e. The smallest absolute Gasteiger partial charge is 0.227 e. The summed E-state index contributed by atoms with van der Waals surface area (Å²) < 4.78 is 5.84. The normalized spacial score (nSPS) is 11.5. The van der Waals surface area contributed by atoms with Gasteiger partial charge in [0.1, 0.15) is 5.52 Å². The molecule has 0 bridgehead atoms. The SMILES string of the molecule is C[C](CO)CCc1ccc2oc(-c3ccc(C)c(Cl)c3)nc2c1. The van der Waals surface area contributed by atoms with Crippen LogP contribution in [0.3, 0.4) is 0 Å². The molecule has 0 aliphatic rings. The third-order valence-corrected chi connectivity index (χ3v) is 4.39. The highest BCUT2D eigenvalue weighted by molar-refractivity contribution is 6.31. The lowest BCUT2D eigenvalue weighted by molar-refractivity contribution is 0.303. The van der Waals surface area contributed by atoms with Gasteiger partial charge in [-0.25, -0.2) is 4.98 Å². The number of hydrogen-bond donors (Lipinski definition) is 1. The quantitative estimate of drug-likeness (QED) is 0.718. The minimum absolute atomic E-state index is 0.143. The third kappa shape index (κ3) is 3.57. The summed E-state index contributed by atoms with van der Waals surface area (Å²) in [6.45, 7) is 4.08. The Hall–Kier alpha value is -1.84. The number of fused-ring (bicyclic) bond motifs is 1. The highest BCUT2D eigenvalue weighted by Gasteiger charge is 2.10. The standard InChI is InChI=1S/C19H19ClNO2/c1-12(11-22)3-5-14-6-8-18-17(9-14)21-19(23-18)15-7-4-13(2)16(20)10-15/h4,6-10,22H,3,5,11H2,1-2H3. The molecule has 3 rings (SSSR count). The zero-order chi connectivity index (χ0) is 16.4. The molecule has 119 valence electrons. The third-order valence-electron chi connectivity index (χ3n) is 3.98. The van der Waals surface area contributed by atoms with Crippen molar-refractivity contribution in [2.75, 3.05) is 6.61 Å². The van der Waals surface area contributed by atoms with Crippen LogP contribution in [0, 0.1) is 12.8 Å². The average Bonchev–Trinajstić information content (AvgIpc) is 2.98. The van der Waals surface area contributed by atoms with Crippen LogP contribution in [-0.4, -0.2) is 16.7 Å². The van der Waals surface area contributed by atoms with Gasteiger partial charge in [0, 0.05) is 17.2 Å². The number of hydrogen-bond acceptors (Lipinski definition) is 3. The van der Waals surface area contributed by atoms with Gasteiger partial charge in [-0.2, -0.15) is 0 Å². The molecule has 1 N–H and O–H groups in total. The zero-order valence-electron chi connectivity index (χ0n) is 13.3. The lowest BCUT2D eigenvalue weighted by atomic mass is 10.0. The van der Waals surface area contributed by atoms with Gasteiger partial charge in [-0.05, 0) is 61.1 Å². The molecule has 1 radical (unpaired) electrons. The summed E-state index contributed by atoms with van der Waals surface area (Å²) in [4.78, 5) is 4.58. The predicted molar refractivity (Wildman–Crippen MR) is 93.5 cm³/mol. The van der Waals surface area contributed by atoms with Crippen LogP contribution in [0.4, 0.5) is 0 Å². The number of benzene rings is 2. The highest BCUT2D eigenvalue weighted by Crippen LogP contribution is 2.28. The summed E-state index contributed by atoms with van der Waals surface area (Å²) in [5.74, 6) is 1.66. The van der Waals surface area contributed by atoms with Gasteiger partial charge in [0.2, 0.25) is 5.89 Å². The molecule has 3 aromatic rings. The Kier molecular flexibility index (Phi) is 4.69. The highest BCUT2D eigenvalue weighted by atomic mass is 35.5. The van der Waals surface area contributed by atoms with Crippen molar-refractivity contribution < 1.29 is 9.52 Å². The summed E-state index contributed by atoms with van der Waals surface area (Å²) in [5.41, 5.74) is 4.71. The van der Waals surface area contributed by atoms with Crippen LogP contribution in [-0.2, 0) is 6.42 Å². The van der Waals surface area contributed by atoms with E-state index < -0.39 is 0 Å². The molecule has 0 amide bonds. The number of halogens is 1. The summed E-state index contributed by atoms with van der Waals surface area (Å²) >= 11 is 6.18. The van der Waals surface area contributed by atoms with E-state index in [4.69, 9.17) is 21.1 Å². The van der Waals surface area contributed by atoms with Crippen LogP contribution in [0.15, 0.2) is 40.8 Å². The fourth-order valence-corrected chi connectivity index (χ4v) is 2.60. The van der Waals surface area contributed by atoms with Gasteiger partial charge in [0.15, 0.2) is 5.58 Å². The van der Waals surface area contributed by atoms with E-state index in [1.807, 2.05) is 50.2 Å². The van der Waals surface area contributed by atoms with Crippen molar-refractivity contribution in [3.63, 3.8) is 0 Å². The summed E-state index contributed by atoms with van der Waals surface area (Å²) in [7, 11) is 0. The topological polar surface area (TPSA) is 46.3 Å². The lowest BCUT2D eigenvalue weighted by Gasteiger charge is -2.06. The van der Waals surface area contributed by atoms with Crippen molar-refractivity contribution in [1.82, 2.24) is 4.98 Å². The Bertz CT molecular complexity index is 825. The molecule has 2 aromatic carbocycles. The molecule has 1 heterocycles. The molecular formula is C19H19ClNO2. The van der Waals surface area contributed by atoms with E-state index in [1.54, 1.807) is 0 Å². The number of aliphatic hydroxyl groups is 1. The van der Waals surface area contributed by atoms with Crippen molar-refractivity contribution >= 4 is 22.7 Å². The maximum Gasteiger partial charge on any atom is 0.227 e. The van der Waals surface area contributed by atoms with Crippen LogP contribution in [0.1, 0.15) is 24.5 Å². The average molecular weight is 329 g/mol.